The molecule has 14 heteroatoms. The smallest absolute Gasteiger partial charge is 0.328 e. The third-order valence-electron chi connectivity index (χ3n) is 6.82. The summed E-state index contributed by atoms with van der Waals surface area (Å²) in [6.45, 7) is 22.3. The molecule has 0 fully saturated rings. The first kappa shape index (κ1) is 49.8. The van der Waals surface area contributed by atoms with E-state index in [1.165, 1.54) is 13.8 Å². The fourth-order valence-corrected chi connectivity index (χ4v) is 4.01. The van der Waals surface area contributed by atoms with Crippen molar-refractivity contribution in [3.63, 3.8) is 0 Å². The minimum absolute atomic E-state index is 0.00344. The highest BCUT2D eigenvalue weighted by atomic mass is 16.5. The molecule has 2 aromatic carbocycles. The maximum Gasteiger partial charge on any atom is 0.328 e. The van der Waals surface area contributed by atoms with Crippen LogP contribution in [0.3, 0.4) is 0 Å². The Morgan fingerprint density at radius 1 is 0.648 bits per heavy atom. The van der Waals surface area contributed by atoms with E-state index in [0.29, 0.717) is 74.3 Å². The highest BCUT2D eigenvalue weighted by molar-refractivity contribution is 5.95. The quantitative estimate of drug-likeness (QED) is 0.0790. The van der Waals surface area contributed by atoms with E-state index < -0.39 is 24.1 Å². The molecule has 0 saturated carbocycles. The number of carbonyl (C=O) groups is 4. The predicted octanol–water partition coefficient (Wildman–Crippen LogP) is 4.82. The Bertz CT molecular complexity index is 1370. The zero-order valence-corrected chi connectivity index (χ0v) is 33.5. The zero-order valence-electron chi connectivity index (χ0n) is 33.5. The van der Waals surface area contributed by atoms with Crippen molar-refractivity contribution in [2.24, 2.45) is 0 Å². The summed E-state index contributed by atoms with van der Waals surface area (Å²) in [5.41, 5.74) is 2.78. The van der Waals surface area contributed by atoms with Gasteiger partial charge in [-0.1, -0.05) is 0 Å². The normalized spacial score (nSPS) is 12.4. The second-order valence-corrected chi connectivity index (χ2v) is 14.2. The van der Waals surface area contributed by atoms with E-state index in [1.807, 2.05) is 55.4 Å². The average molecular weight is 763 g/mol. The van der Waals surface area contributed by atoms with Crippen LogP contribution in [0.15, 0.2) is 48.6 Å². The number of aliphatic hydroxyl groups excluding tert-OH is 2. The topological polar surface area (TPSA) is 210 Å². The van der Waals surface area contributed by atoms with Gasteiger partial charge in [0.2, 0.25) is 0 Å². The SMILES string of the molecule is CCOCc1cc(C(C)=O)ccc1OCC(O)CNC(C)(C)C.CCOCc1cc(C(C)=O)ccc1OCC(O)CNC(C)(C)C.O=C(O)/C=C/C(=O)O. The zero-order chi connectivity index (χ0) is 41.5. The Morgan fingerprint density at radius 3 is 1.24 bits per heavy atom. The summed E-state index contributed by atoms with van der Waals surface area (Å²) < 4.78 is 22.3. The lowest BCUT2D eigenvalue weighted by Gasteiger charge is -2.23. The lowest BCUT2D eigenvalue weighted by molar-refractivity contribution is -0.134. The van der Waals surface area contributed by atoms with Gasteiger partial charge >= 0.3 is 11.9 Å². The molecule has 0 aliphatic carbocycles. The number of carbonyl (C=O) groups excluding carboxylic acids is 2. The van der Waals surface area contributed by atoms with Crippen LogP contribution in [0, 0.1) is 0 Å². The number of hydrogen-bond acceptors (Lipinski definition) is 12. The van der Waals surface area contributed by atoms with Gasteiger partial charge in [0.25, 0.3) is 0 Å². The monoisotopic (exact) mass is 762 g/mol. The van der Waals surface area contributed by atoms with Gasteiger partial charge in [0.05, 0.1) is 13.2 Å². The molecule has 0 saturated heterocycles. The van der Waals surface area contributed by atoms with Crippen LogP contribution in [0.4, 0.5) is 0 Å². The third kappa shape index (κ3) is 24.9. The van der Waals surface area contributed by atoms with E-state index in [-0.39, 0.29) is 35.9 Å². The molecule has 304 valence electrons. The minimum Gasteiger partial charge on any atom is -0.490 e. The number of nitrogens with one attached hydrogen (secondary N) is 2. The van der Waals surface area contributed by atoms with Crippen molar-refractivity contribution in [1.82, 2.24) is 10.6 Å². The number of β-amino-alcohol motifs (C(OH)–C–C–N with tert-alkyl or cyclic N) is 2. The van der Waals surface area contributed by atoms with Crippen molar-refractivity contribution in [3.8, 4) is 11.5 Å². The molecule has 0 amide bonds. The molecular weight excluding hydrogens is 700 g/mol. The molecule has 0 aliphatic rings. The van der Waals surface area contributed by atoms with Crippen LogP contribution in [0.25, 0.3) is 0 Å². The van der Waals surface area contributed by atoms with Gasteiger partial charge in [-0.05, 0) is 106 Å². The first-order valence-electron chi connectivity index (χ1n) is 17.8. The summed E-state index contributed by atoms with van der Waals surface area (Å²) in [7, 11) is 0. The summed E-state index contributed by atoms with van der Waals surface area (Å²) in [6, 6.07) is 10.5. The fraction of sp³-hybridized carbons (Fsp3) is 0.550. The number of hydrogen-bond donors (Lipinski definition) is 6. The van der Waals surface area contributed by atoms with Gasteiger partial charge in [-0.3, -0.25) is 9.59 Å². The number of Topliss-reactive ketones (excluding diaryl/α,β-unsaturated/α-hetero) is 2. The van der Waals surface area contributed by atoms with Crippen molar-refractivity contribution in [2.75, 3.05) is 39.5 Å². The van der Waals surface area contributed by atoms with Crippen molar-refractivity contribution < 1.29 is 58.6 Å². The first-order chi connectivity index (χ1) is 25.1. The highest BCUT2D eigenvalue weighted by Gasteiger charge is 2.16. The van der Waals surface area contributed by atoms with Gasteiger partial charge < -0.3 is 50.0 Å². The minimum atomic E-state index is -1.26. The Morgan fingerprint density at radius 2 is 0.981 bits per heavy atom. The summed E-state index contributed by atoms with van der Waals surface area (Å²) in [5, 5.41) is 42.1. The van der Waals surface area contributed by atoms with E-state index in [0.717, 1.165) is 11.1 Å². The van der Waals surface area contributed by atoms with E-state index in [2.05, 4.69) is 10.6 Å². The van der Waals surface area contributed by atoms with Gasteiger partial charge in [-0.15, -0.1) is 0 Å². The van der Waals surface area contributed by atoms with Crippen LogP contribution >= 0.6 is 0 Å². The Labute approximate surface area is 319 Å². The van der Waals surface area contributed by atoms with Crippen LogP contribution < -0.4 is 20.1 Å². The Kier molecular flexibility index (Phi) is 23.8. The van der Waals surface area contributed by atoms with Crippen molar-refractivity contribution >= 4 is 23.5 Å². The molecule has 2 unspecified atom stereocenters. The second kappa shape index (κ2) is 25.8. The standard InChI is InChI=1S/2C18H29NO4.C4H4O4/c2*1-6-22-11-15-9-14(13(2)20)7-8-17(15)23-12-16(21)10-19-18(3,4)5;5-3(6)1-2-4(7)8/h2*7-9,16,19,21H,6,10-12H2,1-5H3;1-2H,(H,5,6)(H,7,8)/b;;2-1+. The molecular formula is C40H62N2O12. The average Bonchev–Trinajstić information content (AvgIpc) is 3.08. The molecule has 14 nitrogen and oxygen atoms in total. The molecule has 0 aliphatic heterocycles. The molecule has 0 spiro atoms. The van der Waals surface area contributed by atoms with E-state index in [4.69, 9.17) is 29.2 Å². The van der Waals surface area contributed by atoms with Gasteiger partial charge in [-0.25, -0.2) is 9.59 Å². The first-order valence-corrected chi connectivity index (χ1v) is 17.8. The summed E-state index contributed by atoms with van der Waals surface area (Å²) >= 11 is 0. The maximum atomic E-state index is 11.5. The number of rotatable bonds is 20. The number of ketones is 2. The van der Waals surface area contributed by atoms with Crippen LogP contribution in [-0.2, 0) is 32.3 Å². The molecule has 0 radical (unpaired) electrons. The number of aliphatic hydroxyl groups is 2. The van der Waals surface area contributed by atoms with Crippen molar-refractivity contribution in [2.45, 2.75) is 106 Å². The molecule has 0 heterocycles. The third-order valence-corrected chi connectivity index (χ3v) is 6.82. The molecule has 0 aromatic heterocycles. The number of carboxylic acid groups (broad SMARTS) is 2. The van der Waals surface area contributed by atoms with Crippen LogP contribution in [-0.4, -0.2) is 107 Å². The van der Waals surface area contributed by atoms with Crippen LogP contribution in [0.2, 0.25) is 0 Å². The molecule has 6 N–H and O–H groups in total. The van der Waals surface area contributed by atoms with E-state index >= 15 is 0 Å². The second-order valence-electron chi connectivity index (χ2n) is 14.2. The largest absolute Gasteiger partial charge is 0.490 e. The molecule has 0 bridgehead atoms. The lowest BCUT2D eigenvalue weighted by Crippen LogP contribution is -2.42. The molecule has 2 aromatic rings. The maximum absolute atomic E-state index is 11.5. The van der Waals surface area contributed by atoms with Crippen molar-refractivity contribution in [1.29, 1.82) is 0 Å². The molecule has 2 atom stereocenters. The summed E-state index contributed by atoms with van der Waals surface area (Å²) in [6.07, 6.45) is -0.103. The number of aliphatic carboxylic acids is 2. The molecule has 54 heavy (non-hydrogen) atoms. The number of benzene rings is 2. The summed E-state index contributed by atoms with van der Waals surface area (Å²) in [4.78, 5) is 42.1. The number of carboxylic acids is 2. The van der Waals surface area contributed by atoms with E-state index in [1.54, 1.807) is 36.4 Å². The lowest BCUT2D eigenvalue weighted by atomic mass is 10.1. The van der Waals surface area contributed by atoms with Gasteiger partial charge in [0.1, 0.15) is 36.9 Å². The highest BCUT2D eigenvalue weighted by Crippen LogP contribution is 2.23. The summed E-state index contributed by atoms with van der Waals surface area (Å²) in [5.74, 6) is -1.23. The Balaban J connectivity index is 0.000000867. The van der Waals surface area contributed by atoms with Gasteiger partial charge in [0, 0.05) is 71.8 Å². The van der Waals surface area contributed by atoms with Crippen molar-refractivity contribution in [3.05, 3.63) is 70.8 Å². The van der Waals surface area contributed by atoms with Crippen LogP contribution in [0.5, 0.6) is 11.5 Å². The van der Waals surface area contributed by atoms with Gasteiger partial charge in [-0.2, -0.15) is 0 Å². The Hall–Kier alpha value is -4.18. The van der Waals surface area contributed by atoms with Crippen LogP contribution in [0.1, 0.15) is 101 Å². The number of ether oxygens (including phenoxy) is 4. The predicted molar refractivity (Wildman–Crippen MR) is 206 cm³/mol. The fourth-order valence-electron chi connectivity index (χ4n) is 4.01. The molecule has 2 rings (SSSR count). The van der Waals surface area contributed by atoms with E-state index in [9.17, 15) is 29.4 Å². The van der Waals surface area contributed by atoms with Gasteiger partial charge in [0.15, 0.2) is 11.6 Å².